The van der Waals surface area contributed by atoms with Gasteiger partial charge >= 0.3 is 0 Å². The van der Waals surface area contributed by atoms with Gasteiger partial charge in [-0.05, 0) is 139 Å². The van der Waals surface area contributed by atoms with E-state index in [2.05, 4.69) is 205 Å². The third-order valence-corrected chi connectivity index (χ3v) is 9.21. The fourth-order valence-corrected chi connectivity index (χ4v) is 6.74. The molecule has 274 valence electrons. The highest BCUT2D eigenvalue weighted by Gasteiger charge is 2.15. The number of aryl methyl sites for hydroxylation is 1. The molecule has 7 aromatic rings. The molecule has 0 N–H and O–H groups in total. The van der Waals surface area contributed by atoms with Crippen molar-refractivity contribution >= 4 is 49.0 Å². The van der Waals surface area contributed by atoms with Crippen LogP contribution >= 0.6 is 0 Å². The lowest BCUT2D eigenvalue weighted by Gasteiger charge is -2.17. The van der Waals surface area contributed by atoms with Gasteiger partial charge in [-0.3, -0.25) is 0 Å². The van der Waals surface area contributed by atoms with Crippen molar-refractivity contribution in [2.24, 2.45) is 0 Å². The summed E-state index contributed by atoms with van der Waals surface area (Å²) in [6.07, 6.45) is 9.97. The summed E-state index contributed by atoms with van der Waals surface area (Å²) in [6, 6.07) is 50.7. The highest BCUT2D eigenvalue weighted by molar-refractivity contribution is 6.14. The van der Waals surface area contributed by atoms with Crippen LogP contribution < -0.4 is 0 Å². The standard InChI is InChI=1S/C47H38.C3H8.2C2H6/c1-5-14-34(6-2)37-18-13-19-39(29-37)46(27-33(4)36-26-25-35-15-7-8-16-38(35)28-36)45-30-41(24-23-32(45)3)47-31-40-17-9-10-20-42(40)43-21-11-12-22-44(43)47;1-3-2;2*1-2/h5-31H,4H2,1-3H3;3H2,1-2H3;2*1-2H3/b14-5-,34-6+,46-27-;;;. The van der Waals surface area contributed by atoms with Gasteiger partial charge in [0.1, 0.15) is 0 Å². The average Bonchev–Trinajstić information content (AvgIpc) is 3.23. The predicted octanol–water partition coefficient (Wildman–Crippen LogP) is 16.7. The molecule has 0 saturated heterocycles. The van der Waals surface area contributed by atoms with E-state index in [1.54, 1.807) is 0 Å². The van der Waals surface area contributed by atoms with Gasteiger partial charge in [0.05, 0.1) is 0 Å². The summed E-state index contributed by atoms with van der Waals surface area (Å²) in [4.78, 5) is 0. The SMILES string of the molecule is C=C(/C=C(/c1cccc(C(/C=C\C)=C/C)c1)c1cc(-c2cc3ccccc3c3ccccc23)ccc1C)c1ccc2ccccc2c1.CC.CC.CCC. The molecule has 0 aliphatic rings. The second kappa shape index (κ2) is 20.5. The van der Waals surface area contributed by atoms with E-state index < -0.39 is 0 Å². The number of benzene rings is 7. The third-order valence-electron chi connectivity index (χ3n) is 9.21. The Hall–Kier alpha value is -5.72. The van der Waals surface area contributed by atoms with E-state index in [-0.39, 0.29) is 0 Å². The normalized spacial score (nSPS) is 11.4. The first kappa shape index (κ1) is 41.0. The largest absolute Gasteiger partial charge is 0.0911 e. The quantitative estimate of drug-likeness (QED) is 0.114. The van der Waals surface area contributed by atoms with Gasteiger partial charge in [0, 0.05) is 0 Å². The van der Waals surface area contributed by atoms with Crippen LogP contribution in [0.5, 0.6) is 0 Å². The monoisotopic (exact) mass is 706 g/mol. The molecular formula is C54H58. The van der Waals surface area contributed by atoms with E-state index in [1.165, 1.54) is 72.1 Å². The maximum absolute atomic E-state index is 4.61. The van der Waals surface area contributed by atoms with Gasteiger partial charge in [-0.2, -0.15) is 0 Å². The van der Waals surface area contributed by atoms with Crippen LogP contribution in [0, 0.1) is 6.92 Å². The molecule has 0 atom stereocenters. The lowest BCUT2D eigenvalue weighted by atomic mass is 9.86. The first-order valence-electron chi connectivity index (χ1n) is 19.8. The Kier molecular flexibility index (Phi) is 15.6. The van der Waals surface area contributed by atoms with Crippen molar-refractivity contribution in [3.8, 4) is 11.1 Å². The molecule has 0 nitrogen and oxygen atoms in total. The molecule has 7 aromatic carbocycles. The molecule has 0 heteroatoms. The number of hydrogen-bond donors (Lipinski definition) is 0. The third kappa shape index (κ3) is 9.44. The van der Waals surface area contributed by atoms with Crippen LogP contribution in [0.15, 0.2) is 170 Å². The minimum absolute atomic E-state index is 0.983. The average molecular weight is 707 g/mol. The summed E-state index contributed by atoms with van der Waals surface area (Å²) >= 11 is 0. The Balaban J connectivity index is 0.000000872. The maximum Gasteiger partial charge on any atom is -0.00988 e. The Morgan fingerprint density at radius 2 is 1.17 bits per heavy atom. The van der Waals surface area contributed by atoms with E-state index in [4.69, 9.17) is 0 Å². The van der Waals surface area contributed by atoms with E-state index in [0.717, 1.165) is 22.3 Å². The van der Waals surface area contributed by atoms with E-state index >= 15 is 0 Å². The molecule has 0 bridgehead atoms. The molecule has 0 fully saturated rings. The second-order valence-electron chi connectivity index (χ2n) is 12.9. The minimum Gasteiger partial charge on any atom is -0.0911 e. The van der Waals surface area contributed by atoms with Crippen molar-refractivity contribution in [2.75, 3.05) is 0 Å². The molecule has 0 aromatic heterocycles. The van der Waals surface area contributed by atoms with E-state index in [1.807, 2.05) is 27.7 Å². The molecule has 0 heterocycles. The van der Waals surface area contributed by atoms with Crippen molar-refractivity contribution < 1.29 is 0 Å². The van der Waals surface area contributed by atoms with Crippen molar-refractivity contribution in [2.45, 2.75) is 68.7 Å². The maximum atomic E-state index is 4.61. The highest BCUT2D eigenvalue weighted by atomic mass is 14.2. The smallest absolute Gasteiger partial charge is 0.00988 e. The summed E-state index contributed by atoms with van der Waals surface area (Å²) in [5.41, 5.74) is 11.7. The molecule has 0 amide bonds. The molecule has 0 radical (unpaired) electrons. The van der Waals surface area contributed by atoms with Crippen LogP contribution in [0.3, 0.4) is 0 Å². The van der Waals surface area contributed by atoms with Crippen LogP contribution in [-0.4, -0.2) is 0 Å². The van der Waals surface area contributed by atoms with Gasteiger partial charge in [-0.1, -0.05) is 188 Å². The minimum atomic E-state index is 0.983. The fourth-order valence-electron chi connectivity index (χ4n) is 6.74. The molecule has 0 saturated carbocycles. The Labute approximate surface area is 325 Å². The van der Waals surface area contributed by atoms with Crippen molar-refractivity contribution in [3.05, 3.63) is 198 Å². The van der Waals surface area contributed by atoms with E-state index in [0.29, 0.717) is 0 Å². The highest BCUT2D eigenvalue weighted by Crippen LogP contribution is 2.38. The van der Waals surface area contributed by atoms with Crippen LogP contribution in [-0.2, 0) is 0 Å². The Morgan fingerprint density at radius 3 is 1.85 bits per heavy atom. The first-order valence-corrected chi connectivity index (χ1v) is 19.8. The molecular weight excluding hydrogens is 649 g/mol. The van der Waals surface area contributed by atoms with Crippen LogP contribution in [0.25, 0.3) is 60.2 Å². The van der Waals surface area contributed by atoms with Gasteiger partial charge in [0.25, 0.3) is 0 Å². The Morgan fingerprint density at radius 1 is 0.556 bits per heavy atom. The lowest BCUT2D eigenvalue weighted by molar-refractivity contribution is 1.09. The summed E-state index contributed by atoms with van der Waals surface area (Å²) in [5.74, 6) is 0. The lowest BCUT2D eigenvalue weighted by Crippen LogP contribution is -1.96. The van der Waals surface area contributed by atoms with Gasteiger partial charge in [-0.15, -0.1) is 0 Å². The molecule has 54 heavy (non-hydrogen) atoms. The van der Waals surface area contributed by atoms with E-state index in [9.17, 15) is 0 Å². The zero-order valence-corrected chi connectivity index (χ0v) is 34.0. The molecule has 0 spiro atoms. The molecule has 7 rings (SSSR count). The van der Waals surface area contributed by atoms with Gasteiger partial charge < -0.3 is 0 Å². The summed E-state index contributed by atoms with van der Waals surface area (Å²) in [7, 11) is 0. The van der Waals surface area contributed by atoms with Crippen molar-refractivity contribution in [3.63, 3.8) is 0 Å². The fraction of sp³-hybridized carbons (Fsp3) is 0.185. The molecule has 0 aliphatic heterocycles. The zero-order valence-electron chi connectivity index (χ0n) is 34.0. The predicted molar refractivity (Wildman–Crippen MR) is 245 cm³/mol. The van der Waals surface area contributed by atoms with Crippen LogP contribution in [0.4, 0.5) is 0 Å². The second-order valence-corrected chi connectivity index (χ2v) is 12.9. The summed E-state index contributed by atoms with van der Waals surface area (Å²) in [5, 5.41) is 7.52. The summed E-state index contributed by atoms with van der Waals surface area (Å²) in [6.45, 7) is 23.2. The van der Waals surface area contributed by atoms with Gasteiger partial charge in [-0.25, -0.2) is 0 Å². The van der Waals surface area contributed by atoms with Crippen LogP contribution in [0.1, 0.15) is 89.6 Å². The topological polar surface area (TPSA) is 0 Å². The van der Waals surface area contributed by atoms with Gasteiger partial charge in [0.2, 0.25) is 0 Å². The first-order chi connectivity index (χ1) is 26.4. The summed E-state index contributed by atoms with van der Waals surface area (Å²) < 4.78 is 0. The number of hydrogen-bond acceptors (Lipinski definition) is 0. The van der Waals surface area contributed by atoms with Crippen molar-refractivity contribution in [1.29, 1.82) is 0 Å². The number of fused-ring (bicyclic) bond motifs is 4. The van der Waals surface area contributed by atoms with Gasteiger partial charge in [0.15, 0.2) is 0 Å². The Bertz CT molecular complexity index is 2410. The van der Waals surface area contributed by atoms with Crippen molar-refractivity contribution in [1.82, 2.24) is 0 Å². The number of allylic oxidation sites excluding steroid dienone is 6. The number of rotatable bonds is 7. The molecule has 0 unspecified atom stereocenters. The molecule has 0 aliphatic carbocycles. The van der Waals surface area contributed by atoms with Crippen LogP contribution in [0.2, 0.25) is 0 Å². The zero-order chi connectivity index (χ0) is 39.0.